The van der Waals surface area contributed by atoms with E-state index >= 15 is 0 Å². The Hall–Kier alpha value is -5.35. The summed E-state index contributed by atoms with van der Waals surface area (Å²) in [7, 11) is -9.84. The fraction of sp³-hybridized carbons (Fsp3) is 0.629. The van der Waals surface area contributed by atoms with Gasteiger partial charge in [0.2, 0.25) is 0 Å². The normalized spacial score (nSPS) is 14.9. The highest BCUT2D eigenvalue weighted by Gasteiger charge is 2.29. The predicted molar refractivity (Wildman–Crippen MR) is 445 cm³/mol. The maximum absolute atomic E-state index is 13.0. The monoisotopic (exact) mass is 1530 g/mol. The second-order valence-electron chi connectivity index (χ2n) is 26.8. The van der Waals surface area contributed by atoms with Crippen LogP contribution in [0.3, 0.4) is 0 Å². The van der Waals surface area contributed by atoms with Crippen molar-refractivity contribution in [3.8, 4) is 0 Å². The molecule has 0 rings (SSSR count). The third kappa shape index (κ3) is 81.5. The first-order valence-corrected chi connectivity index (χ1v) is 44.1. The number of allylic oxidation sites excluding steroid dienone is 30. The van der Waals surface area contributed by atoms with E-state index in [2.05, 4.69) is 185 Å². The molecule has 0 fully saturated rings. The Morgan fingerprint density at radius 3 is 0.822 bits per heavy atom. The summed E-state index contributed by atoms with van der Waals surface area (Å²) in [5.74, 6) is -1.69. The zero-order chi connectivity index (χ0) is 78.0. The van der Waals surface area contributed by atoms with Crippen LogP contribution in [0.1, 0.15) is 303 Å². The molecule has 0 aliphatic carbocycles. The molecular weight excluding hydrogens is 1390 g/mol. The van der Waals surface area contributed by atoms with Crippen LogP contribution < -0.4 is 0 Å². The third-order valence-electron chi connectivity index (χ3n) is 16.6. The van der Waals surface area contributed by atoms with Crippen LogP contribution in [0.25, 0.3) is 0 Å². The van der Waals surface area contributed by atoms with Gasteiger partial charge in [0.05, 0.1) is 26.4 Å². The molecule has 0 saturated heterocycles. The van der Waals surface area contributed by atoms with Crippen LogP contribution in [0.2, 0.25) is 0 Å². The molecule has 4 N–H and O–H groups in total. The van der Waals surface area contributed by atoms with Crippen molar-refractivity contribution in [1.29, 1.82) is 0 Å². The van der Waals surface area contributed by atoms with Gasteiger partial charge in [-0.3, -0.25) is 32.5 Å². The van der Waals surface area contributed by atoms with Crippen LogP contribution in [0.5, 0.6) is 0 Å². The summed E-state index contributed by atoms with van der Waals surface area (Å²) in [5.41, 5.74) is 0. The van der Waals surface area contributed by atoms with Crippen molar-refractivity contribution in [2.45, 2.75) is 322 Å². The van der Waals surface area contributed by atoms with Gasteiger partial charge in [-0.2, -0.15) is 0 Å². The summed E-state index contributed by atoms with van der Waals surface area (Å²) in [6.45, 7) is 2.32. The molecule has 0 aliphatic rings. The van der Waals surface area contributed by atoms with Crippen LogP contribution in [0, 0.1) is 0 Å². The number of carbonyl (C=O) groups excluding carboxylic acids is 3. The van der Waals surface area contributed by atoms with Gasteiger partial charge in [0, 0.05) is 19.3 Å². The molecule has 0 radical (unpaired) electrons. The van der Waals surface area contributed by atoms with Crippen LogP contribution in [0.4, 0.5) is 0 Å². The van der Waals surface area contributed by atoms with Crippen molar-refractivity contribution in [2.75, 3.05) is 39.6 Å². The lowest BCUT2D eigenvalue weighted by atomic mass is 10.0. The summed E-state index contributed by atoms with van der Waals surface area (Å²) < 4.78 is 61.2. The van der Waals surface area contributed by atoms with Crippen molar-refractivity contribution >= 4 is 33.6 Å². The van der Waals surface area contributed by atoms with Gasteiger partial charge in [0.15, 0.2) is 6.10 Å². The van der Waals surface area contributed by atoms with E-state index in [0.29, 0.717) is 25.7 Å². The molecule has 0 aromatic heterocycles. The fourth-order valence-electron chi connectivity index (χ4n) is 10.4. The molecule has 608 valence electrons. The van der Waals surface area contributed by atoms with Crippen molar-refractivity contribution in [3.05, 3.63) is 182 Å². The molecule has 0 saturated carbocycles. The average molecular weight is 1530 g/mol. The quantitative estimate of drug-likeness (QED) is 0.0146. The molecule has 0 spiro atoms. The second-order valence-corrected chi connectivity index (χ2v) is 29.7. The Bertz CT molecular complexity index is 2670. The number of ether oxygens (including phenoxy) is 3. The van der Waals surface area contributed by atoms with Crippen LogP contribution >= 0.6 is 15.6 Å². The lowest BCUT2D eigenvalue weighted by molar-refractivity contribution is -0.161. The van der Waals surface area contributed by atoms with Crippen molar-refractivity contribution in [1.82, 2.24) is 0 Å². The number of phosphoric ester groups is 2. The molecular formula is C89H146O16P2. The second kappa shape index (κ2) is 80.2. The van der Waals surface area contributed by atoms with Gasteiger partial charge in [-0.05, 0) is 148 Å². The zero-order valence-corrected chi connectivity index (χ0v) is 68.3. The number of rotatable bonds is 76. The van der Waals surface area contributed by atoms with Crippen LogP contribution in [-0.4, -0.2) is 95.9 Å². The van der Waals surface area contributed by atoms with Gasteiger partial charge in [0.25, 0.3) is 0 Å². The van der Waals surface area contributed by atoms with Crippen molar-refractivity contribution in [2.24, 2.45) is 0 Å². The SMILES string of the molecule is CC/C=C\C/C=C\C/C=C\C/C=C\C/C=C\C/C=C\CCC(=O)OC(COC(=O)CCCCCCCCCCC/C=C\C/C=C\C/C=C\C/C=C\CCCCC)COP(=O)(O)OCC(O)COP(=O)(O)OCC(O)COC(=O)CCCCCCCCCCCCC/C=C\C/C=C\C/C=C\C/C=C\C/C=C\CC. The van der Waals surface area contributed by atoms with E-state index in [0.717, 1.165) is 148 Å². The number of aliphatic hydroxyl groups is 2. The lowest BCUT2D eigenvalue weighted by Crippen LogP contribution is -2.29. The fourth-order valence-corrected chi connectivity index (χ4v) is 12.0. The number of unbranched alkanes of at least 4 members (excludes halogenated alkanes) is 23. The highest BCUT2D eigenvalue weighted by molar-refractivity contribution is 7.47. The number of phosphoric acid groups is 2. The molecule has 0 heterocycles. The minimum atomic E-state index is -4.96. The van der Waals surface area contributed by atoms with Gasteiger partial charge in [-0.15, -0.1) is 0 Å². The standard InChI is InChI=1S/C89H146O16P2/c1-4-7-10-13-16-19-22-25-28-31-34-36-38-40-41-43-45-46-49-51-54-57-60-63-66-69-72-75-87(92)99-78-84(90)79-101-106(95,96)102-80-85(91)81-103-107(97,98)104-83-86(105-89(94)77-74-71-68-65-62-59-56-53-48-33-30-27-24-21-18-15-12-9-6-3)82-100-88(93)76-73-70-67-64-61-58-55-52-50-47-44-42-39-37-35-32-29-26-23-20-17-14-11-8-5-2/h7,9-10,12,16-21,25-30,34-37,40-42,44,48,53,59,62,68,71,84-86,90-91H,4-6,8,11,13-15,22-24,31-33,38-39,43,45-47,49-52,54-58,60-61,63-67,69-70,72-83H2,1-3H3,(H,95,96)(H,97,98)/b10-7-,12-9-,19-16-,20-17-,21-18-,28-25-,29-26-,30-27-,36-34-,37-35-,41-40-,44-42-,53-48-,62-59-,71-68-. The Morgan fingerprint density at radius 1 is 0.271 bits per heavy atom. The Kier molecular flexibility index (Phi) is 76.2. The minimum absolute atomic E-state index is 0.0283. The molecule has 0 aliphatic heterocycles. The molecule has 18 heteroatoms. The number of carbonyl (C=O) groups is 3. The van der Waals surface area contributed by atoms with E-state index in [4.69, 9.17) is 32.3 Å². The Balaban J connectivity index is 4.70. The summed E-state index contributed by atoms with van der Waals surface area (Å²) in [6, 6.07) is 0. The van der Waals surface area contributed by atoms with E-state index in [9.17, 15) is 43.5 Å². The topological polar surface area (TPSA) is 231 Å². The lowest BCUT2D eigenvalue weighted by Gasteiger charge is -2.21. The van der Waals surface area contributed by atoms with E-state index < -0.39 is 91.5 Å². The van der Waals surface area contributed by atoms with E-state index in [1.165, 1.54) is 89.9 Å². The Morgan fingerprint density at radius 2 is 0.514 bits per heavy atom. The smallest absolute Gasteiger partial charge is 0.463 e. The average Bonchev–Trinajstić information content (AvgIpc) is 0.942. The third-order valence-corrected chi connectivity index (χ3v) is 18.5. The number of hydrogen-bond acceptors (Lipinski definition) is 14. The molecule has 107 heavy (non-hydrogen) atoms. The first-order valence-electron chi connectivity index (χ1n) is 41.1. The highest BCUT2D eigenvalue weighted by atomic mass is 31.2. The van der Waals surface area contributed by atoms with Gasteiger partial charge in [0.1, 0.15) is 25.4 Å². The summed E-state index contributed by atoms with van der Waals surface area (Å²) >= 11 is 0. The number of esters is 3. The van der Waals surface area contributed by atoms with Crippen LogP contribution in [0.15, 0.2) is 182 Å². The zero-order valence-electron chi connectivity index (χ0n) is 66.5. The summed E-state index contributed by atoms with van der Waals surface area (Å²) in [6.07, 6.45) is 104. The Labute approximate surface area is 649 Å². The van der Waals surface area contributed by atoms with E-state index in [1.54, 1.807) is 0 Å². The number of hydrogen-bond donors (Lipinski definition) is 4. The maximum atomic E-state index is 13.0. The van der Waals surface area contributed by atoms with Gasteiger partial charge in [-0.25, -0.2) is 9.13 Å². The highest BCUT2D eigenvalue weighted by Crippen LogP contribution is 2.45. The van der Waals surface area contributed by atoms with Gasteiger partial charge in [-0.1, -0.05) is 319 Å². The van der Waals surface area contributed by atoms with E-state index in [1.807, 2.05) is 18.2 Å². The summed E-state index contributed by atoms with van der Waals surface area (Å²) in [4.78, 5) is 58.7. The first-order chi connectivity index (χ1) is 52.2. The minimum Gasteiger partial charge on any atom is -0.463 e. The van der Waals surface area contributed by atoms with Gasteiger partial charge >= 0.3 is 33.6 Å². The molecule has 0 bridgehead atoms. The van der Waals surface area contributed by atoms with Crippen LogP contribution in [-0.2, 0) is 55.8 Å². The molecule has 0 aromatic carbocycles. The molecule has 0 aromatic rings. The molecule has 0 amide bonds. The van der Waals surface area contributed by atoms with Crippen molar-refractivity contribution < 1.29 is 75.8 Å². The molecule has 5 unspecified atom stereocenters. The summed E-state index contributed by atoms with van der Waals surface area (Å²) in [5, 5.41) is 20.7. The van der Waals surface area contributed by atoms with Crippen molar-refractivity contribution in [3.63, 3.8) is 0 Å². The largest absolute Gasteiger partial charge is 0.472 e. The van der Waals surface area contributed by atoms with Gasteiger partial charge < -0.3 is 34.2 Å². The predicted octanol–water partition coefficient (Wildman–Crippen LogP) is 24.5. The number of aliphatic hydroxyl groups excluding tert-OH is 2. The van der Waals surface area contributed by atoms with E-state index in [-0.39, 0.29) is 19.3 Å². The maximum Gasteiger partial charge on any atom is 0.472 e. The molecule has 16 nitrogen and oxygen atoms in total. The molecule has 5 atom stereocenters. The first kappa shape index (κ1) is 102.